The molecule has 0 radical (unpaired) electrons. The first-order valence-corrected chi connectivity index (χ1v) is 11.5. The Morgan fingerprint density at radius 3 is 2.75 bits per heavy atom. The second-order valence-electron chi connectivity index (χ2n) is 8.87. The lowest BCUT2D eigenvalue weighted by Gasteiger charge is -2.30. The Hall–Kier alpha value is -4.67. The molecule has 0 saturated heterocycles. The molecule has 0 spiro atoms. The second kappa shape index (κ2) is 8.22. The number of aromatic nitrogens is 3. The fraction of sp³-hybridized carbons (Fsp3) is 0.138. The molecule has 0 fully saturated rings. The summed E-state index contributed by atoms with van der Waals surface area (Å²) in [6.45, 7) is 0.172. The first-order valence-electron chi connectivity index (χ1n) is 11.5. The standard InChI is InChI=1S/C29H22N4O3/c1-33-17-31-15-28(33)29(34)21-7-6-19(13-30)20(8-21)16-36-23-5-3-4-18(9-23)25-11-24(35-2)12-27-26(25)10-22(29)14-32-27/h3-12,14-15,17,34H,16H2,1-2H3. The lowest BCUT2D eigenvalue weighted by Crippen LogP contribution is -2.31. The summed E-state index contributed by atoms with van der Waals surface area (Å²) in [5.41, 5.74) is 3.88. The number of imidazole rings is 1. The van der Waals surface area contributed by atoms with Crippen molar-refractivity contribution in [2.75, 3.05) is 7.11 Å². The number of benzene rings is 3. The predicted molar refractivity (Wildman–Crippen MR) is 135 cm³/mol. The molecule has 1 unspecified atom stereocenters. The van der Waals surface area contributed by atoms with E-state index in [1.54, 1.807) is 42.5 Å². The van der Waals surface area contributed by atoms with Crippen molar-refractivity contribution >= 4 is 10.9 Å². The highest BCUT2D eigenvalue weighted by molar-refractivity contribution is 5.96. The largest absolute Gasteiger partial charge is 0.497 e. The van der Waals surface area contributed by atoms with Crippen LogP contribution in [0, 0.1) is 11.3 Å². The molecule has 0 saturated carbocycles. The van der Waals surface area contributed by atoms with E-state index in [1.165, 1.54) is 0 Å². The van der Waals surface area contributed by atoms with Crippen molar-refractivity contribution in [3.63, 3.8) is 0 Å². The molecule has 0 aliphatic carbocycles. The van der Waals surface area contributed by atoms with Crippen LogP contribution in [-0.4, -0.2) is 26.8 Å². The zero-order chi connectivity index (χ0) is 24.9. The van der Waals surface area contributed by atoms with Gasteiger partial charge in [0.1, 0.15) is 18.1 Å². The Labute approximate surface area is 207 Å². The van der Waals surface area contributed by atoms with Gasteiger partial charge in [0.2, 0.25) is 0 Å². The van der Waals surface area contributed by atoms with Crippen molar-refractivity contribution in [1.82, 2.24) is 14.5 Å². The number of fused-ring (bicyclic) bond motifs is 6. The Morgan fingerprint density at radius 1 is 1.08 bits per heavy atom. The van der Waals surface area contributed by atoms with Crippen molar-refractivity contribution in [1.29, 1.82) is 5.26 Å². The molecule has 0 amide bonds. The molecule has 1 aliphatic heterocycles. The highest BCUT2D eigenvalue weighted by Gasteiger charge is 2.38. The highest BCUT2D eigenvalue weighted by atomic mass is 16.5. The van der Waals surface area contributed by atoms with Gasteiger partial charge in [0.15, 0.2) is 5.60 Å². The van der Waals surface area contributed by atoms with Gasteiger partial charge in [0, 0.05) is 35.8 Å². The second-order valence-corrected chi connectivity index (χ2v) is 8.87. The SMILES string of the molecule is COc1cc2c3cc(cnc3c1)C(O)(c1cncn1C)c1ccc(C#N)c(c1)COc1cccc-2c1. The van der Waals surface area contributed by atoms with Gasteiger partial charge in [0.05, 0.1) is 42.5 Å². The first kappa shape index (κ1) is 21.8. The maximum atomic E-state index is 12.5. The molecule has 176 valence electrons. The molecule has 5 aromatic rings. The molecular formula is C29H22N4O3. The lowest BCUT2D eigenvalue weighted by atomic mass is 9.82. The van der Waals surface area contributed by atoms with Crippen LogP contribution in [0.5, 0.6) is 11.5 Å². The smallest absolute Gasteiger partial charge is 0.158 e. The van der Waals surface area contributed by atoms with Crippen LogP contribution >= 0.6 is 0 Å². The van der Waals surface area contributed by atoms with Gasteiger partial charge >= 0.3 is 0 Å². The van der Waals surface area contributed by atoms with Gasteiger partial charge in [-0.15, -0.1) is 0 Å². The molecule has 2 aromatic heterocycles. The van der Waals surface area contributed by atoms with Crippen molar-refractivity contribution in [3.05, 3.63) is 107 Å². The third-order valence-electron chi connectivity index (χ3n) is 6.80. The van der Waals surface area contributed by atoms with E-state index in [9.17, 15) is 10.4 Å². The molecule has 7 heteroatoms. The summed E-state index contributed by atoms with van der Waals surface area (Å²) in [6, 6.07) is 21.1. The number of methoxy groups -OCH3 is 1. The van der Waals surface area contributed by atoms with E-state index in [-0.39, 0.29) is 6.61 Å². The summed E-state index contributed by atoms with van der Waals surface area (Å²) in [6.07, 6.45) is 4.98. The molecule has 3 aromatic carbocycles. The molecule has 1 N–H and O–H groups in total. The van der Waals surface area contributed by atoms with E-state index in [4.69, 9.17) is 14.5 Å². The van der Waals surface area contributed by atoms with Crippen LogP contribution in [0.4, 0.5) is 0 Å². The van der Waals surface area contributed by atoms with Crippen LogP contribution < -0.4 is 9.47 Å². The number of ether oxygens (including phenoxy) is 2. The van der Waals surface area contributed by atoms with Crippen molar-refractivity contribution in [2.45, 2.75) is 12.2 Å². The number of nitriles is 1. The molecule has 1 aliphatic rings. The summed E-state index contributed by atoms with van der Waals surface area (Å²) in [5.74, 6) is 1.35. The summed E-state index contributed by atoms with van der Waals surface area (Å²) in [5, 5.41) is 23.1. The Bertz CT molecular complexity index is 1680. The Morgan fingerprint density at radius 2 is 1.97 bits per heavy atom. The lowest BCUT2D eigenvalue weighted by molar-refractivity contribution is 0.117. The predicted octanol–water partition coefficient (Wildman–Crippen LogP) is 4.69. The summed E-state index contributed by atoms with van der Waals surface area (Å²) in [4.78, 5) is 9.01. The van der Waals surface area contributed by atoms with Gasteiger partial charge in [0.25, 0.3) is 0 Å². The third-order valence-corrected chi connectivity index (χ3v) is 6.80. The fourth-order valence-electron chi connectivity index (χ4n) is 4.89. The highest BCUT2D eigenvalue weighted by Crippen LogP contribution is 2.41. The number of hydrogen-bond acceptors (Lipinski definition) is 6. The van der Waals surface area contributed by atoms with Crippen LogP contribution in [-0.2, 0) is 19.3 Å². The number of nitrogens with zero attached hydrogens (tertiary/aromatic N) is 4. The van der Waals surface area contributed by atoms with E-state index < -0.39 is 5.60 Å². The summed E-state index contributed by atoms with van der Waals surface area (Å²) < 4.78 is 13.5. The van der Waals surface area contributed by atoms with Gasteiger partial charge < -0.3 is 19.1 Å². The Kier molecular flexibility index (Phi) is 4.99. The van der Waals surface area contributed by atoms with Crippen LogP contribution in [0.1, 0.15) is 27.9 Å². The summed E-state index contributed by atoms with van der Waals surface area (Å²) >= 11 is 0. The molecule has 6 rings (SSSR count). The van der Waals surface area contributed by atoms with Gasteiger partial charge in [-0.2, -0.15) is 5.26 Å². The molecular weight excluding hydrogens is 452 g/mol. The molecule has 6 bridgehead atoms. The van der Waals surface area contributed by atoms with E-state index in [2.05, 4.69) is 11.1 Å². The molecule has 36 heavy (non-hydrogen) atoms. The zero-order valence-corrected chi connectivity index (χ0v) is 19.8. The maximum absolute atomic E-state index is 12.5. The van der Waals surface area contributed by atoms with Crippen LogP contribution in [0.15, 0.2) is 79.4 Å². The quantitative estimate of drug-likeness (QED) is 0.399. The maximum Gasteiger partial charge on any atom is 0.158 e. The van der Waals surface area contributed by atoms with Crippen molar-refractivity contribution in [3.8, 4) is 28.7 Å². The van der Waals surface area contributed by atoms with Crippen LogP contribution in [0.3, 0.4) is 0 Å². The first-order chi connectivity index (χ1) is 17.5. The van der Waals surface area contributed by atoms with Crippen molar-refractivity contribution < 1.29 is 14.6 Å². The zero-order valence-electron chi connectivity index (χ0n) is 19.8. The number of rotatable bonds is 2. The third kappa shape index (κ3) is 3.31. The van der Waals surface area contributed by atoms with E-state index >= 15 is 0 Å². The van der Waals surface area contributed by atoms with Crippen LogP contribution in [0.2, 0.25) is 0 Å². The fourth-order valence-corrected chi connectivity index (χ4v) is 4.89. The van der Waals surface area contributed by atoms with Crippen LogP contribution in [0.25, 0.3) is 22.0 Å². The minimum atomic E-state index is -1.58. The molecule has 3 heterocycles. The molecule has 1 atom stereocenters. The normalized spacial score (nSPS) is 16.4. The monoisotopic (exact) mass is 474 g/mol. The molecule has 7 nitrogen and oxygen atoms in total. The van der Waals surface area contributed by atoms with Gasteiger partial charge in [-0.05, 0) is 53.1 Å². The minimum absolute atomic E-state index is 0.172. The topological polar surface area (TPSA) is 93.2 Å². The average Bonchev–Trinajstić information content (AvgIpc) is 3.36. The van der Waals surface area contributed by atoms with Gasteiger partial charge in [-0.3, -0.25) is 4.98 Å². The van der Waals surface area contributed by atoms with E-state index in [1.807, 2.05) is 55.6 Å². The number of aryl methyl sites for hydroxylation is 1. The van der Waals surface area contributed by atoms with Gasteiger partial charge in [-0.1, -0.05) is 18.2 Å². The number of aliphatic hydroxyl groups is 1. The van der Waals surface area contributed by atoms with Crippen molar-refractivity contribution in [2.24, 2.45) is 7.05 Å². The van der Waals surface area contributed by atoms with Gasteiger partial charge in [-0.25, -0.2) is 4.98 Å². The average molecular weight is 475 g/mol. The van der Waals surface area contributed by atoms with E-state index in [0.29, 0.717) is 39.4 Å². The minimum Gasteiger partial charge on any atom is -0.497 e. The van der Waals surface area contributed by atoms with E-state index in [0.717, 1.165) is 22.0 Å². The summed E-state index contributed by atoms with van der Waals surface area (Å²) in [7, 11) is 3.47. The number of hydrogen-bond donors (Lipinski definition) is 1. The Balaban J connectivity index is 1.74. The number of pyridine rings is 1.